The maximum absolute atomic E-state index is 13.6. The molecule has 1 aromatic rings. The van der Waals surface area contributed by atoms with Crippen LogP contribution in [-0.2, 0) is 0 Å². The lowest BCUT2D eigenvalue weighted by molar-refractivity contribution is 0.0600. The van der Waals surface area contributed by atoms with Crippen molar-refractivity contribution in [2.24, 2.45) is 0 Å². The van der Waals surface area contributed by atoms with Crippen LogP contribution in [0.15, 0.2) is 24.3 Å². The summed E-state index contributed by atoms with van der Waals surface area (Å²) in [6.07, 6.45) is 0.776. The Morgan fingerprint density at radius 3 is 2.55 bits per heavy atom. The van der Waals surface area contributed by atoms with E-state index < -0.39 is 5.82 Å². The number of rotatable bonds is 3. The van der Waals surface area contributed by atoms with Gasteiger partial charge in [-0.1, -0.05) is 19.1 Å². The molecule has 0 saturated carbocycles. The van der Waals surface area contributed by atoms with Gasteiger partial charge in [-0.15, -0.1) is 0 Å². The van der Waals surface area contributed by atoms with Crippen molar-refractivity contribution in [2.45, 2.75) is 19.4 Å². The average Bonchev–Trinajstić information content (AvgIpc) is 2.49. The maximum Gasteiger partial charge on any atom is 0.256 e. The molecule has 1 amide bonds. The Hall–Kier alpha value is -1.93. The van der Waals surface area contributed by atoms with Crippen LogP contribution < -0.4 is 0 Å². The summed E-state index contributed by atoms with van der Waals surface area (Å²) in [6, 6.07) is 8.21. The van der Waals surface area contributed by atoms with Gasteiger partial charge in [-0.05, 0) is 18.6 Å². The lowest BCUT2D eigenvalue weighted by Crippen LogP contribution is -2.51. The Balaban J connectivity index is 1.99. The molecule has 0 aromatic heterocycles. The fraction of sp³-hybridized carbons (Fsp3) is 0.467. The van der Waals surface area contributed by atoms with Crippen LogP contribution in [0.1, 0.15) is 23.7 Å². The van der Waals surface area contributed by atoms with E-state index in [1.807, 2.05) is 6.92 Å². The number of halogens is 1. The normalized spacial score (nSPS) is 17.6. The molecule has 1 aliphatic heterocycles. The van der Waals surface area contributed by atoms with E-state index in [9.17, 15) is 9.18 Å². The maximum atomic E-state index is 13.6. The summed E-state index contributed by atoms with van der Waals surface area (Å²) in [7, 11) is 0. The van der Waals surface area contributed by atoms with Gasteiger partial charge in [0.25, 0.3) is 5.91 Å². The summed E-state index contributed by atoms with van der Waals surface area (Å²) < 4.78 is 13.6. The van der Waals surface area contributed by atoms with E-state index >= 15 is 0 Å². The minimum absolute atomic E-state index is 0.0966. The third-order valence-corrected chi connectivity index (χ3v) is 3.68. The molecular formula is C15H18FN3O. The first-order valence-corrected chi connectivity index (χ1v) is 6.84. The van der Waals surface area contributed by atoms with Gasteiger partial charge in [0, 0.05) is 26.2 Å². The van der Waals surface area contributed by atoms with Crippen molar-refractivity contribution in [3.63, 3.8) is 0 Å². The van der Waals surface area contributed by atoms with Gasteiger partial charge >= 0.3 is 0 Å². The second-order valence-electron chi connectivity index (χ2n) is 4.86. The Kier molecular flexibility index (Phi) is 4.70. The molecule has 1 aromatic carbocycles. The van der Waals surface area contributed by atoms with Crippen molar-refractivity contribution in [1.29, 1.82) is 5.26 Å². The number of amides is 1. The lowest BCUT2D eigenvalue weighted by atomic mass is 10.1. The molecule has 1 unspecified atom stereocenters. The standard InChI is InChI=1S/C15H18FN3O/c1-2-12(11-17)18-7-9-19(10-8-18)15(20)13-5-3-4-6-14(13)16/h3-6,12H,2,7-10H2,1H3. The van der Waals surface area contributed by atoms with Gasteiger partial charge in [0.2, 0.25) is 0 Å². The van der Waals surface area contributed by atoms with Crippen LogP contribution in [0.2, 0.25) is 0 Å². The molecule has 1 aliphatic rings. The summed E-state index contributed by atoms with van der Waals surface area (Å²) in [6.45, 7) is 4.36. The zero-order valence-corrected chi connectivity index (χ0v) is 11.6. The molecule has 1 atom stereocenters. The van der Waals surface area contributed by atoms with Gasteiger partial charge in [0.15, 0.2) is 0 Å². The van der Waals surface area contributed by atoms with Crippen molar-refractivity contribution < 1.29 is 9.18 Å². The number of nitriles is 1. The van der Waals surface area contributed by atoms with E-state index in [1.54, 1.807) is 17.0 Å². The number of carbonyl (C=O) groups is 1. The number of carbonyl (C=O) groups excluding carboxylic acids is 1. The molecule has 1 saturated heterocycles. The van der Waals surface area contributed by atoms with Gasteiger partial charge in [-0.3, -0.25) is 9.69 Å². The van der Waals surface area contributed by atoms with Crippen molar-refractivity contribution in [2.75, 3.05) is 26.2 Å². The first-order valence-electron chi connectivity index (χ1n) is 6.84. The fourth-order valence-corrected chi connectivity index (χ4v) is 2.47. The highest BCUT2D eigenvalue weighted by atomic mass is 19.1. The van der Waals surface area contributed by atoms with E-state index in [0.717, 1.165) is 6.42 Å². The highest BCUT2D eigenvalue weighted by Crippen LogP contribution is 2.14. The average molecular weight is 275 g/mol. The third-order valence-electron chi connectivity index (χ3n) is 3.68. The molecule has 5 heteroatoms. The zero-order chi connectivity index (χ0) is 14.5. The van der Waals surface area contributed by atoms with Crippen LogP contribution in [-0.4, -0.2) is 47.9 Å². The molecular weight excluding hydrogens is 257 g/mol. The van der Waals surface area contributed by atoms with Crippen molar-refractivity contribution in [1.82, 2.24) is 9.80 Å². The second kappa shape index (κ2) is 6.49. The van der Waals surface area contributed by atoms with Crippen LogP contribution in [0.4, 0.5) is 4.39 Å². The summed E-state index contributed by atoms with van der Waals surface area (Å²) >= 11 is 0. The molecule has 0 spiro atoms. The molecule has 4 nitrogen and oxygen atoms in total. The minimum Gasteiger partial charge on any atom is -0.336 e. The smallest absolute Gasteiger partial charge is 0.256 e. The molecule has 0 aliphatic carbocycles. The van der Waals surface area contributed by atoms with E-state index in [1.165, 1.54) is 12.1 Å². The second-order valence-corrected chi connectivity index (χ2v) is 4.86. The Morgan fingerprint density at radius 1 is 1.35 bits per heavy atom. The van der Waals surface area contributed by atoms with Crippen LogP contribution in [0, 0.1) is 17.1 Å². The molecule has 1 fully saturated rings. The number of hydrogen-bond acceptors (Lipinski definition) is 3. The number of benzene rings is 1. The van der Waals surface area contributed by atoms with E-state index in [4.69, 9.17) is 5.26 Å². The van der Waals surface area contributed by atoms with Gasteiger partial charge in [-0.25, -0.2) is 4.39 Å². The monoisotopic (exact) mass is 275 g/mol. The van der Waals surface area contributed by atoms with Crippen LogP contribution in [0.3, 0.4) is 0 Å². The van der Waals surface area contributed by atoms with Crippen LogP contribution in [0.5, 0.6) is 0 Å². The quantitative estimate of drug-likeness (QED) is 0.846. The Bertz CT molecular complexity index is 518. The van der Waals surface area contributed by atoms with Gasteiger partial charge in [0.1, 0.15) is 5.82 Å². The molecule has 2 rings (SSSR count). The molecule has 1 heterocycles. The van der Waals surface area contributed by atoms with E-state index in [0.29, 0.717) is 26.2 Å². The molecule has 0 bridgehead atoms. The first kappa shape index (κ1) is 14.5. The lowest BCUT2D eigenvalue weighted by Gasteiger charge is -2.36. The highest BCUT2D eigenvalue weighted by Gasteiger charge is 2.26. The van der Waals surface area contributed by atoms with Crippen molar-refractivity contribution in [3.05, 3.63) is 35.6 Å². The molecule has 20 heavy (non-hydrogen) atoms. The van der Waals surface area contributed by atoms with E-state index in [-0.39, 0.29) is 17.5 Å². The van der Waals surface area contributed by atoms with E-state index in [2.05, 4.69) is 11.0 Å². The Morgan fingerprint density at radius 2 is 2.00 bits per heavy atom. The zero-order valence-electron chi connectivity index (χ0n) is 11.6. The SMILES string of the molecule is CCC(C#N)N1CCN(C(=O)c2ccccc2F)CC1. The number of nitrogens with zero attached hydrogens (tertiary/aromatic N) is 3. The van der Waals surface area contributed by atoms with Crippen molar-refractivity contribution >= 4 is 5.91 Å². The minimum atomic E-state index is -0.483. The molecule has 0 radical (unpaired) electrons. The largest absolute Gasteiger partial charge is 0.336 e. The van der Waals surface area contributed by atoms with Gasteiger partial charge < -0.3 is 4.90 Å². The summed E-state index contributed by atoms with van der Waals surface area (Å²) in [5.41, 5.74) is 0.119. The predicted molar refractivity (Wildman–Crippen MR) is 73.6 cm³/mol. The fourth-order valence-electron chi connectivity index (χ4n) is 2.47. The number of hydrogen-bond donors (Lipinski definition) is 0. The Labute approximate surface area is 118 Å². The molecule has 0 N–H and O–H groups in total. The summed E-state index contributed by atoms with van der Waals surface area (Å²) in [5.74, 6) is -0.754. The van der Waals surface area contributed by atoms with Crippen molar-refractivity contribution in [3.8, 4) is 6.07 Å². The predicted octanol–water partition coefficient (Wildman–Crippen LogP) is 1.89. The van der Waals surface area contributed by atoms with Gasteiger partial charge in [-0.2, -0.15) is 5.26 Å². The molecule has 106 valence electrons. The highest BCUT2D eigenvalue weighted by molar-refractivity contribution is 5.94. The van der Waals surface area contributed by atoms with Crippen LogP contribution in [0.25, 0.3) is 0 Å². The summed E-state index contributed by atoms with van der Waals surface area (Å²) in [5, 5.41) is 9.05. The van der Waals surface area contributed by atoms with Crippen LogP contribution >= 0.6 is 0 Å². The third kappa shape index (κ3) is 2.97. The topological polar surface area (TPSA) is 47.3 Å². The number of piperazine rings is 1. The first-order chi connectivity index (χ1) is 9.67. The van der Waals surface area contributed by atoms with Gasteiger partial charge in [0.05, 0.1) is 17.7 Å². The summed E-state index contributed by atoms with van der Waals surface area (Å²) in [4.78, 5) is 16.0.